The number of nitrogens with one attached hydrogen (secondary N) is 2. The first-order valence-electron chi connectivity index (χ1n) is 9.16. The zero-order chi connectivity index (χ0) is 18.8. The van der Waals surface area contributed by atoms with E-state index >= 15 is 0 Å². The predicted octanol–water partition coefficient (Wildman–Crippen LogP) is 0.756. The zero-order valence-electron chi connectivity index (χ0n) is 15.4. The molecule has 1 aromatic rings. The monoisotopic (exact) mass is 383 g/mol. The third-order valence-electron chi connectivity index (χ3n) is 4.29. The van der Waals surface area contributed by atoms with Crippen molar-refractivity contribution in [3.63, 3.8) is 0 Å². The van der Waals surface area contributed by atoms with E-state index in [1.165, 1.54) is 0 Å². The Balaban J connectivity index is 1.65. The quantitative estimate of drug-likeness (QED) is 0.583. The van der Waals surface area contributed by atoms with Crippen LogP contribution in [0.3, 0.4) is 0 Å². The molecule has 1 saturated heterocycles. The summed E-state index contributed by atoms with van der Waals surface area (Å²) in [6.07, 6.45) is 1.93. The molecule has 8 heteroatoms. The number of carbonyl (C=O) groups is 1. The fourth-order valence-electron chi connectivity index (χ4n) is 2.81. The van der Waals surface area contributed by atoms with Gasteiger partial charge in [0.2, 0.25) is 15.9 Å². The maximum Gasteiger partial charge on any atom is 0.240 e. The number of carbonyl (C=O) groups excluding carboxylic acids is 1. The van der Waals surface area contributed by atoms with Gasteiger partial charge in [-0.2, -0.15) is 0 Å². The van der Waals surface area contributed by atoms with Crippen molar-refractivity contribution in [3.8, 4) is 0 Å². The van der Waals surface area contributed by atoms with E-state index in [1.807, 2.05) is 0 Å². The number of sulfonamides is 1. The highest BCUT2D eigenvalue weighted by molar-refractivity contribution is 7.89. The van der Waals surface area contributed by atoms with Gasteiger partial charge in [0.1, 0.15) is 0 Å². The number of aryl methyl sites for hydroxylation is 1. The van der Waals surface area contributed by atoms with E-state index < -0.39 is 10.0 Å². The molecule has 7 nitrogen and oxygen atoms in total. The van der Waals surface area contributed by atoms with Gasteiger partial charge in [0.25, 0.3) is 0 Å². The van der Waals surface area contributed by atoms with Gasteiger partial charge < -0.3 is 10.1 Å². The first-order chi connectivity index (χ1) is 12.5. The van der Waals surface area contributed by atoms with Gasteiger partial charge in [-0.3, -0.25) is 9.69 Å². The largest absolute Gasteiger partial charge is 0.379 e. The van der Waals surface area contributed by atoms with Crippen LogP contribution < -0.4 is 10.0 Å². The standard InChI is InChI=1S/C18H29N3O4S/c1-2-20-26(23,24)17-7-4-16(5-8-17)6-9-18(22)19-10-3-11-21-12-14-25-15-13-21/h4-5,7-8,20H,2-3,6,9-15H2,1H3,(H,19,22). The Kier molecular flexibility index (Phi) is 8.50. The van der Waals surface area contributed by atoms with Gasteiger partial charge in [0.15, 0.2) is 0 Å². The summed E-state index contributed by atoms with van der Waals surface area (Å²) in [4.78, 5) is 14.5. The maximum absolute atomic E-state index is 11.9. The number of amides is 1. The van der Waals surface area contributed by atoms with Crippen molar-refractivity contribution in [2.75, 3.05) is 45.9 Å². The van der Waals surface area contributed by atoms with E-state index in [0.717, 1.165) is 44.8 Å². The Bertz CT molecular complexity index is 656. The minimum Gasteiger partial charge on any atom is -0.379 e. The van der Waals surface area contributed by atoms with Gasteiger partial charge in [-0.25, -0.2) is 13.1 Å². The molecule has 0 atom stereocenters. The number of rotatable bonds is 10. The molecule has 1 aliphatic heterocycles. The summed E-state index contributed by atoms with van der Waals surface area (Å²) in [6.45, 7) is 7.27. The second kappa shape index (κ2) is 10.6. The highest BCUT2D eigenvalue weighted by Crippen LogP contribution is 2.11. The molecule has 0 spiro atoms. The van der Waals surface area contributed by atoms with Gasteiger partial charge in [-0.05, 0) is 37.1 Å². The molecule has 0 saturated carbocycles. The summed E-state index contributed by atoms with van der Waals surface area (Å²) in [7, 11) is -3.42. The Morgan fingerprint density at radius 2 is 1.88 bits per heavy atom. The second-order valence-corrected chi connectivity index (χ2v) is 8.07. The van der Waals surface area contributed by atoms with Crippen molar-refractivity contribution < 1.29 is 17.9 Å². The molecule has 1 fully saturated rings. The topological polar surface area (TPSA) is 87.7 Å². The third kappa shape index (κ3) is 7.03. The van der Waals surface area contributed by atoms with E-state index in [2.05, 4.69) is 14.9 Å². The smallest absolute Gasteiger partial charge is 0.240 e. The fraction of sp³-hybridized carbons (Fsp3) is 0.611. The normalized spacial score (nSPS) is 15.7. The molecule has 0 radical (unpaired) electrons. The highest BCUT2D eigenvalue weighted by atomic mass is 32.2. The van der Waals surface area contributed by atoms with Crippen molar-refractivity contribution in [3.05, 3.63) is 29.8 Å². The van der Waals surface area contributed by atoms with Crippen molar-refractivity contribution in [1.29, 1.82) is 0 Å². The lowest BCUT2D eigenvalue weighted by molar-refractivity contribution is -0.121. The van der Waals surface area contributed by atoms with Gasteiger partial charge in [-0.15, -0.1) is 0 Å². The lowest BCUT2D eigenvalue weighted by atomic mass is 10.1. The van der Waals surface area contributed by atoms with Crippen LogP contribution in [0.4, 0.5) is 0 Å². The summed E-state index contributed by atoms with van der Waals surface area (Å²) in [6, 6.07) is 6.67. The molecular weight excluding hydrogens is 354 g/mol. The van der Waals surface area contributed by atoms with E-state index in [0.29, 0.717) is 25.9 Å². The molecule has 26 heavy (non-hydrogen) atoms. The molecule has 1 aromatic carbocycles. The SMILES string of the molecule is CCNS(=O)(=O)c1ccc(CCC(=O)NCCCN2CCOCC2)cc1. The van der Waals surface area contributed by atoms with Crippen molar-refractivity contribution in [2.45, 2.75) is 31.1 Å². The Morgan fingerprint density at radius 3 is 2.54 bits per heavy atom. The maximum atomic E-state index is 11.9. The molecule has 1 amide bonds. The van der Waals surface area contributed by atoms with Crippen LogP contribution in [0, 0.1) is 0 Å². The van der Waals surface area contributed by atoms with Gasteiger partial charge in [-0.1, -0.05) is 19.1 Å². The first-order valence-corrected chi connectivity index (χ1v) is 10.6. The van der Waals surface area contributed by atoms with Crippen molar-refractivity contribution >= 4 is 15.9 Å². The summed E-state index contributed by atoms with van der Waals surface area (Å²) in [5.41, 5.74) is 0.948. The Hall–Kier alpha value is -1.48. The molecular formula is C18H29N3O4S. The number of hydrogen-bond acceptors (Lipinski definition) is 5. The average Bonchev–Trinajstić information content (AvgIpc) is 2.65. The molecule has 1 aliphatic rings. The van der Waals surface area contributed by atoms with Crippen molar-refractivity contribution in [2.24, 2.45) is 0 Å². The van der Waals surface area contributed by atoms with Gasteiger partial charge in [0, 0.05) is 32.6 Å². The van der Waals surface area contributed by atoms with Crippen molar-refractivity contribution in [1.82, 2.24) is 14.9 Å². The minimum absolute atomic E-state index is 0.0244. The molecule has 0 aromatic heterocycles. The van der Waals surface area contributed by atoms with Crippen LogP contribution in [0.25, 0.3) is 0 Å². The van der Waals surface area contributed by atoms with Crippen LogP contribution in [0.5, 0.6) is 0 Å². The Morgan fingerprint density at radius 1 is 1.19 bits per heavy atom. The number of nitrogens with zero attached hydrogens (tertiary/aromatic N) is 1. The summed E-state index contributed by atoms with van der Waals surface area (Å²) < 4.78 is 31.5. The van der Waals surface area contributed by atoms with Crippen LogP contribution in [-0.2, 0) is 26.0 Å². The molecule has 0 bridgehead atoms. The Labute approximate surface area is 156 Å². The predicted molar refractivity (Wildman–Crippen MR) is 101 cm³/mol. The summed E-state index contributed by atoms with van der Waals surface area (Å²) >= 11 is 0. The second-order valence-electron chi connectivity index (χ2n) is 6.30. The minimum atomic E-state index is -3.42. The molecule has 0 unspecified atom stereocenters. The van der Waals surface area contributed by atoms with Crippen LogP contribution in [0.15, 0.2) is 29.2 Å². The fourth-order valence-corrected chi connectivity index (χ4v) is 3.85. The number of hydrogen-bond donors (Lipinski definition) is 2. The first kappa shape index (κ1) is 20.8. The third-order valence-corrected chi connectivity index (χ3v) is 5.85. The lowest BCUT2D eigenvalue weighted by Crippen LogP contribution is -2.38. The number of ether oxygens (including phenoxy) is 1. The molecule has 2 N–H and O–H groups in total. The number of benzene rings is 1. The lowest BCUT2D eigenvalue weighted by Gasteiger charge is -2.26. The average molecular weight is 384 g/mol. The van der Waals surface area contributed by atoms with E-state index in [-0.39, 0.29) is 10.8 Å². The van der Waals surface area contributed by atoms with E-state index in [9.17, 15) is 13.2 Å². The molecule has 2 rings (SSSR count). The van der Waals surface area contributed by atoms with E-state index in [1.54, 1.807) is 31.2 Å². The molecule has 1 heterocycles. The summed E-state index contributed by atoms with van der Waals surface area (Å²) in [5, 5.41) is 2.94. The van der Waals surface area contributed by atoms with Crippen LogP contribution in [0.2, 0.25) is 0 Å². The van der Waals surface area contributed by atoms with Crippen LogP contribution in [0.1, 0.15) is 25.3 Å². The van der Waals surface area contributed by atoms with Gasteiger partial charge >= 0.3 is 0 Å². The highest BCUT2D eigenvalue weighted by Gasteiger charge is 2.12. The van der Waals surface area contributed by atoms with Gasteiger partial charge in [0.05, 0.1) is 18.1 Å². The molecule has 146 valence electrons. The zero-order valence-corrected chi connectivity index (χ0v) is 16.2. The van der Waals surface area contributed by atoms with E-state index in [4.69, 9.17) is 4.74 Å². The summed E-state index contributed by atoms with van der Waals surface area (Å²) in [5.74, 6) is 0.0244. The van der Waals surface area contributed by atoms with Crippen LogP contribution in [-0.4, -0.2) is 65.2 Å². The molecule has 0 aliphatic carbocycles. The van der Waals surface area contributed by atoms with Crippen LogP contribution >= 0.6 is 0 Å². The number of morpholine rings is 1.